The fraction of sp³-hybridized carbons (Fsp3) is 0. The number of nitrogens with zero attached hydrogens (tertiary/aromatic N) is 1. The molecule has 1 aromatic heterocycles. The van der Waals surface area contributed by atoms with E-state index < -0.39 is 27.4 Å². The average molecular weight is 375 g/mol. The molecule has 0 saturated carbocycles. The van der Waals surface area contributed by atoms with Gasteiger partial charge in [0, 0.05) is 16.9 Å². The Morgan fingerprint density at radius 3 is 2.57 bits per heavy atom. The number of hydrogen-bond acceptors (Lipinski definition) is 4. The molecule has 1 heterocycles. The van der Waals surface area contributed by atoms with Gasteiger partial charge in [-0.05, 0) is 40.2 Å². The van der Waals surface area contributed by atoms with Crippen molar-refractivity contribution < 1.29 is 22.7 Å². The fourth-order valence-corrected chi connectivity index (χ4v) is 3.06. The predicted octanol–water partition coefficient (Wildman–Crippen LogP) is 2.48. The van der Waals surface area contributed by atoms with E-state index in [2.05, 4.69) is 25.6 Å². The minimum Gasteiger partial charge on any atom is -0.478 e. The topological polar surface area (TPSA) is 96.4 Å². The third-order valence-corrected chi connectivity index (χ3v) is 4.22. The van der Waals surface area contributed by atoms with Crippen molar-refractivity contribution in [3.63, 3.8) is 0 Å². The van der Waals surface area contributed by atoms with Crippen LogP contribution < -0.4 is 4.72 Å². The maximum absolute atomic E-state index is 13.5. The number of nitrogens with one attached hydrogen (secondary N) is 1. The molecule has 2 rings (SSSR count). The highest BCUT2D eigenvalue weighted by molar-refractivity contribution is 9.10. The number of aromatic nitrogens is 1. The van der Waals surface area contributed by atoms with Crippen LogP contribution in [0.4, 0.5) is 10.1 Å². The lowest BCUT2D eigenvalue weighted by Gasteiger charge is -2.08. The summed E-state index contributed by atoms with van der Waals surface area (Å²) in [6.07, 6.45) is 2.55. The van der Waals surface area contributed by atoms with Gasteiger partial charge in [0.15, 0.2) is 0 Å². The van der Waals surface area contributed by atoms with E-state index in [1.807, 2.05) is 0 Å². The first kappa shape index (κ1) is 15.4. The van der Waals surface area contributed by atoms with Gasteiger partial charge in [0.2, 0.25) is 0 Å². The van der Waals surface area contributed by atoms with Gasteiger partial charge in [0.25, 0.3) is 10.0 Å². The highest BCUT2D eigenvalue weighted by Gasteiger charge is 2.17. The summed E-state index contributed by atoms with van der Waals surface area (Å²) >= 11 is 3.10. The first-order valence-electron chi connectivity index (χ1n) is 5.46. The number of carbonyl (C=O) groups is 1. The summed E-state index contributed by atoms with van der Waals surface area (Å²) in [4.78, 5) is 14.3. The maximum atomic E-state index is 13.5. The van der Waals surface area contributed by atoms with Crippen LogP contribution in [0.3, 0.4) is 0 Å². The number of carboxylic acid groups (broad SMARTS) is 1. The molecule has 110 valence electrons. The van der Waals surface area contributed by atoms with E-state index in [0.717, 1.165) is 24.4 Å². The zero-order valence-corrected chi connectivity index (χ0v) is 12.6. The molecule has 0 fully saturated rings. The van der Waals surface area contributed by atoms with Gasteiger partial charge in [-0.3, -0.25) is 9.71 Å². The Morgan fingerprint density at radius 1 is 1.29 bits per heavy atom. The van der Waals surface area contributed by atoms with Gasteiger partial charge in [-0.15, -0.1) is 0 Å². The molecule has 2 aromatic rings. The Kier molecular flexibility index (Phi) is 4.24. The highest BCUT2D eigenvalue weighted by Crippen LogP contribution is 2.20. The number of anilines is 1. The standard InChI is InChI=1S/C12H8BrFN2O4S/c13-7-3-9(6-15-5-7)21(19,20)16-8-1-2-10(12(17)18)11(14)4-8/h1-6,16H,(H,17,18). The van der Waals surface area contributed by atoms with Crippen molar-refractivity contribution in [1.29, 1.82) is 0 Å². The fourth-order valence-electron chi connectivity index (χ4n) is 1.51. The zero-order chi connectivity index (χ0) is 15.6. The first-order valence-corrected chi connectivity index (χ1v) is 7.73. The van der Waals surface area contributed by atoms with Crippen molar-refractivity contribution in [2.24, 2.45) is 0 Å². The number of halogens is 2. The van der Waals surface area contributed by atoms with Crippen LogP contribution in [0.2, 0.25) is 0 Å². The highest BCUT2D eigenvalue weighted by atomic mass is 79.9. The Hall–Kier alpha value is -2.00. The molecular weight excluding hydrogens is 367 g/mol. The number of aromatic carboxylic acids is 1. The van der Waals surface area contributed by atoms with E-state index in [1.54, 1.807) is 0 Å². The van der Waals surface area contributed by atoms with Crippen molar-refractivity contribution in [2.75, 3.05) is 4.72 Å². The number of rotatable bonds is 4. The van der Waals surface area contributed by atoms with Crippen molar-refractivity contribution in [1.82, 2.24) is 4.98 Å². The molecule has 2 N–H and O–H groups in total. The molecule has 6 nitrogen and oxygen atoms in total. The van der Waals surface area contributed by atoms with Crippen molar-refractivity contribution >= 4 is 37.6 Å². The number of carboxylic acids is 1. The Balaban J connectivity index is 2.33. The number of pyridine rings is 1. The predicted molar refractivity (Wildman–Crippen MR) is 76.1 cm³/mol. The van der Waals surface area contributed by atoms with Gasteiger partial charge in [-0.1, -0.05) is 0 Å². The summed E-state index contributed by atoms with van der Waals surface area (Å²) in [6, 6.07) is 4.27. The number of hydrogen-bond donors (Lipinski definition) is 2. The molecule has 0 bridgehead atoms. The maximum Gasteiger partial charge on any atom is 0.338 e. The molecule has 1 aromatic carbocycles. The van der Waals surface area contributed by atoms with Crippen LogP contribution in [0.15, 0.2) is 46.0 Å². The Labute approximate surface area is 127 Å². The second-order valence-electron chi connectivity index (χ2n) is 3.94. The minimum absolute atomic E-state index is 0.0857. The van der Waals surface area contributed by atoms with Crippen LogP contribution in [0.25, 0.3) is 0 Å². The van der Waals surface area contributed by atoms with Crippen LogP contribution in [0.5, 0.6) is 0 Å². The second kappa shape index (κ2) is 5.78. The smallest absolute Gasteiger partial charge is 0.338 e. The number of sulfonamides is 1. The summed E-state index contributed by atoms with van der Waals surface area (Å²) in [5.74, 6) is -2.46. The molecule has 0 atom stereocenters. The minimum atomic E-state index is -3.94. The van der Waals surface area contributed by atoms with Crippen molar-refractivity contribution in [2.45, 2.75) is 4.90 Å². The molecule has 0 saturated heterocycles. The quantitative estimate of drug-likeness (QED) is 0.856. The molecule has 0 aliphatic rings. The molecule has 0 unspecified atom stereocenters. The van der Waals surface area contributed by atoms with E-state index >= 15 is 0 Å². The van der Waals surface area contributed by atoms with Gasteiger partial charge in [-0.2, -0.15) is 0 Å². The van der Waals surface area contributed by atoms with Crippen LogP contribution in [-0.4, -0.2) is 24.5 Å². The lowest BCUT2D eigenvalue weighted by atomic mass is 10.2. The molecule has 0 spiro atoms. The van der Waals surface area contributed by atoms with Gasteiger partial charge in [0.05, 0.1) is 11.3 Å². The third-order valence-electron chi connectivity index (χ3n) is 2.44. The monoisotopic (exact) mass is 374 g/mol. The summed E-state index contributed by atoms with van der Waals surface area (Å²) < 4.78 is 40.3. The SMILES string of the molecule is O=C(O)c1ccc(NS(=O)(=O)c2cncc(Br)c2)cc1F. The largest absolute Gasteiger partial charge is 0.478 e. The van der Waals surface area contributed by atoms with Gasteiger partial charge in [-0.25, -0.2) is 17.6 Å². The van der Waals surface area contributed by atoms with Gasteiger partial charge in [0.1, 0.15) is 10.7 Å². The first-order chi connectivity index (χ1) is 9.79. The van der Waals surface area contributed by atoms with Crippen LogP contribution in [0.1, 0.15) is 10.4 Å². The van der Waals surface area contributed by atoms with E-state index in [9.17, 15) is 17.6 Å². The lowest BCUT2D eigenvalue weighted by Crippen LogP contribution is -2.14. The van der Waals surface area contributed by atoms with Gasteiger partial charge < -0.3 is 5.11 Å². The third kappa shape index (κ3) is 3.56. The number of benzene rings is 1. The molecule has 0 radical (unpaired) electrons. The zero-order valence-electron chi connectivity index (χ0n) is 10.2. The summed E-state index contributed by atoms with van der Waals surface area (Å²) in [5, 5.41) is 8.71. The van der Waals surface area contributed by atoms with Crippen molar-refractivity contribution in [3.05, 3.63) is 52.5 Å². The Morgan fingerprint density at radius 2 is 2.00 bits per heavy atom. The van der Waals surface area contributed by atoms with Crippen LogP contribution in [-0.2, 0) is 10.0 Å². The Bertz CT molecular complexity index is 811. The molecule has 21 heavy (non-hydrogen) atoms. The molecule has 0 aliphatic heterocycles. The summed E-state index contributed by atoms with van der Waals surface area (Å²) in [6.45, 7) is 0. The van der Waals surface area contributed by atoms with E-state index in [0.29, 0.717) is 4.47 Å². The van der Waals surface area contributed by atoms with Crippen LogP contribution in [0, 0.1) is 5.82 Å². The summed E-state index contributed by atoms with van der Waals surface area (Å²) in [7, 11) is -3.94. The average Bonchev–Trinajstić information content (AvgIpc) is 2.37. The van der Waals surface area contributed by atoms with E-state index in [-0.39, 0.29) is 10.6 Å². The second-order valence-corrected chi connectivity index (χ2v) is 6.54. The molecular formula is C12H8BrFN2O4S. The van der Waals surface area contributed by atoms with Crippen LogP contribution >= 0.6 is 15.9 Å². The van der Waals surface area contributed by atoms with Gasteiger partial charge >= 0.3 is 5.97 Å². The normalized spacial score (nSPS) is 11.1. The molecule has 9 heteroatoms. The van der Waals surface area contributed by atoms with E-state index in [4.69, 9.17) is 5.11 Å². The molecule has 0 amide bonds. The molecule has 0 aliphatic carbocycles. The van der Waals surface area contributed by atoms with E-state index in [1.165, 1.54) is 12.3 Å². The lowest BCUT2D eigenvalue weighted by molar-refractivity contribution is 0.0692. The summed E-state index contributed by atoms with van der Waals surface area (Å²) in [5.41, 5.74) is -0.625. The van der Waals surface area contributed by atoms with Crippen molar-refractivity contribution in [3.8, 4) is 0 Å².